The minimum Gasteiger partial charge on any atom is -0.392 e. The molecule has 3 heteroatoms. The van der Waals surface area contributed by atoms with Crippen LogP contribution in [0, 0.1) is 17.3 Å². The number of rotatable bonds is 0. The van der Waals surface area contributed by atoms with Gasteiger partial charge in [-0.2, -0.15) is 0 Å². The molecule has 4 atom stereocenters. The van der Waals surface area contributed by atoms with E-state index < -0.39 is 0 Å². The van der Waals surface area contributed by atoms with E-state index in [4.69, 9.17) is 4.74 Å². The van der Waals surface area contributed by atoms with Crippen LogP contribution in [0.2, 0.25) is 0 Å². The monoisotopic (exact) mass is 197 g/mol. The molecule has 14 heavy (non-hydrogen) atoms. The summed E-state index contributed by atoms with van der Waals surface area (Å²) in [5.74, 6) is 1.39. The van der Waals surface area contributed by atoms with Gasteiger partial charge in [0.15, 0.2) is 0 Å². The predicted molar refractivity (Wildman–Crippen MR) is 53.0 cm³/mol. The lowest BCUT2D eigenvalue weighted by molar-refractivity contribution is -0.0658. The van der Waals surface area contributed by atoms with E-state index in [1.807, 2.05) is 0 Å². The summed E-state index contributed by atoms with van der Waals surface area (Å²) in [6, 6.07) is 0. The first kappa shape index (κ1) is 9.13. The highest BCUT2D eigenvalue weighted by Crippen LogP contribution is 2.58. The SMILES string of the molecule is CN1C[C@@H]2COCC[C@@H]2C2(C[C@H]2O)C1. The highest BCUT2D eigenvalue weighted by Gasteiger charge is 2.62. The number of fused-ring (bicyclic) bond motifs is 2. The highest BCUT2D eigenvalue weighted by molar-refractivity contribution is 5.12. The molecule has 3 aliphatic rings. The minimum absolute atomic E-state index is 0.0316. The van der Waals surface area contributed by atoms with E-state index in [9.17, 15) is 5.11 Å². The number of likely N-dealkylation sites (tertiary alicyclic amines) is 1. The van der Waals surface area contributed by atoms with Gasteiger partial charge in [-0.1, -0.05) is 0 Å². The van der Waals surface area contributed by atoms with Crippen LogP contribution in [-0.2, 0) is 4.74 Å². The maximum atomic E-state index is 9.83. The van der Waals surface area contributed by atoms with Crippen molar-refractivity contribution in [2.75, 3.05) is 33.4 Å². The van der Waals surface area contributed by atoms with Gasteiger partial charge in [-0.15, -0.1) is 0 Å². The molecule has 0 amide bonds. The van der Waals surface area contributed by atoms with Crippen LogP contribution in [-0.4, -0.2) is 49.5 Å². The Morgan fingerprint density at radius 3 is 3.00 bits per heavy atom. The van der Waals surface area contributed by atoms with Crippen LogP contribution in [0.4, 0.5) is 0 Å². The van der Waals surface area contributed by atoms with Crippen molar-refractivity contribution in [2.24, 2.45) is 17.3 Å². The topological polar surface area (TPSA) is 32.7 Å². The average molecular weight is 197 g/mol. The molecule has 80 valence electrons. The standard InChI is InChI=1S/C11H19NO2/c1-12-5-8-6-14-3-2-9(8)11(7-12)4-10(11)13/h8-10,13H,2-7H2,1H3/t8-,9+,10-,11?/m1/s1. The zero-order chi connectivity index (χ0) is 9.76. The van der Waals surface area contributed by atoms with Gasteiger partial charge in [0.05, 0.1) is 12.7 Å². The molecule has 1 spiro atoms. The average Bonchev–Trinajstić information content (AvgIpc) is 2.77. The third-order valence-electron chi connectivity index (χ3n) is 4.40. The summed E-state index contributed by atoms with van der Waals surface area (Å²) in [5, 5.41) is 9.83. The molecular weight excluding hydrogens is 178 g/mol. The quantitative estimate of drug-likeness (QED) is 0.607. The number of piperidine rings is 1. The second-order valence-corrected chi connectivity index (χ2v) is 5.38. The van der Waals surface area contributed by atoms with Gasteiger partial charge in [-0.3, -0.25) is 0 Å². The van der Waals surface area contributed by atoms with Crippen LogP contribution in [0.5, 0.6) is 0 Å². The lowest BCUT2D eigenvalue weighted by Gasteiger charge is -2.45. The molecule has 1 saturated carbocycles. The third kappa shape index (κ3) is 1.16. The van der Waals surface area contributed by atoms with Gasteiger partial charge in [-0.25, -0.2) is 0 Å². The fourth-order valence-corrected chi connectivity index (χ4v) is 3.69. The maximum Gasteiger partial charge on any atom is 0.0619 e. The minimum atomic E-state index is -0.0316. The van der Waals surface area contributed by atoms with Crippen molar-refractivity contribution in [2.45, 2.75) is 18.9 Å². The fraction of sp³-hybridized carbons (Fsp3) is 1.00. The number of nitrogens with zero attached hydrogens (tertiary/aromatic N) is 1. The van der Waals surface area contributed by atoms with Crippen molar-refractivity contribution >= 4 is 0 Å². The van der Waals surface area contributed by atoms with Gasteiger partial charge >= 0.3 is 0 Å². The lowest BCUT2D eigenvalue weighted by atomic mass is 9.72. The molecule has 3 nitrogen and oxygen atoms in total. The molecule has 2 heterocycles. The molecule has 3 fully saturated rings. The van der Waals surface area contributed by atoms with Crippen LogP contribution in [0.1, 0.15) is 12.8 Å². The van der Waals surface area contributed by atoms with Crippen molar-refractivity contribution in [1.29, 1.82) is 0 Å². The molecule has 1 aliphatic carbocycles. The Kier molecular flexibility index (Phi) is 1.92. The third-order valence-corrected chi connectivity index (χ3v) is 4.40. The molecule has 2 saturated heterocycles. The van der Waals surface area contributed by atoms with Crippen LogP contribution in [0.25, 0.3) is 0 Å². The van der Waals surface area contributed by atoms with Gasteiger partial charge in [-0.05, 0) is 31.7 Å². The molecule has 0 aromatic heterocycles. The van der Waals surface area contributed by atoms with Gasteiger partial charge in [0.2, 0.25) is 0 Å². The predicted octanol–water partition coefficient (Wildman–Crippen LogP) is 0.336. The van der Waals surface area contributed by atoms with Crippen LogP contribution >= 0.6 is 0 Å². The second kappa shape index (κ2) is 2.94. The molecule has 3 rings (SSSR count). The zero-order valence-corrected chi connectivity index (χ0v) is 8.78. The Balaban J connectivity index is 1.83. The van der Waals surface area contributed by atoms with Gasteiger partial charge in [0, 0.05) is 25.1 Å². The first-order valence-electron chi connectivity index (χ1n) is 5.67. The van der Waals surface area contributed by atoms with Crippen LogP contribution in [0.15, 0.2) is 0 Å². The normalized spacial score (nSPS) is 53.1. The van der Waals surface area contributed by atoms with E-state index in [1.165, 1.54) is 0 Å². The van der Waals surface area contributed by atoms with Crippen molar-refractivity contribution in [3.63, 3.8) is 0 Å². The Bertz CT molecular complexity index is 245. The second-order valence-electron chi connectivity index (χ2n) is 5.38. The molecule has 1 unspecified atom stereocenters. The van der Waals surface area contributed by atoms with E-state index in [0.29, 0.717) is 5.92 Å². The number of aliphatic hydroxyl groups excluding tert-OH is 1. The maximum absolute atomic E-state index is 9.83. The lowest BCUT2D eigenvalue weighted by Crippen LogP contribution is -2.50. The van der Waals surface area contributed by atoms with Gasteiger partial charge in [0.1, 0.15) is 0 Å². The number of hydrogen-bond acceptors (Lipinski definition) is 3. The fourth-order valence-electron chi connectivity index (χ4n) is 3.69. The van der Waals surface area contributed by atoms with Crippen molar-refractivity contribution < 1.29 is 9.84 Å². The summed E-state index contributed by atoms with van der Waals surface area (Å²) in [5.41, 5.74) is 0.251. The molecule has 0 aromatic rings. The summed E-state index contributed by atoms with van der Waals surface area (Å²) in [6.45, 7) is 4.05. The molecule has 1 N–H and O–H groups in total. The van der Waals surface area contributed by atoms with Crippen molar-refractivity contribution in [3.8, 4) is 0 Å². The van der Waals surface area contributed by atoms with Crippen LogP contribution < -0.4 is 0 Å². The summed E-state index contributed by atoms with van der Waals surface area (Å²) in [6.07, 6.45) is 2.16. The number of aliphatic hydroxyl groups is 1. The Hall–Kier alpha value is -0.120. The van der Waals surface area contributed by atoms with Gasteiger partial charge < -0.3 is 14.7 Å². The largest absolute Gasteiger partial charge is 0.392 e. The highest BCUT2D eigenvalue weighted by atomic mass is 16.5. The molecule has 0 bridgehead atoms. The van der Waals surface area contributed by atoms with Crippen molar-refractivity contribution in [3.05, 3.63) is 0 Å². The van der Waals surface area contributed by atoms with Gasteiger partial charge in [0.25, 0.3) is 0 Å². The van der Waals surface area contributed by atoms with E-state index in [0.717, 1.165) is 45.1 Å². The first-order valence-corrected chi connectivity index (χ1v) is 5.67. The van der Waals surface area contributed by atoms with E-state index in [1.54, 1.807) is 0 Å². The molecule has 2 aliphatic heterocycles. The summed E-state index contributed by atoms with van der Waals surface area (Å²) in [7, 11) is 2.16. The van der Waals surface area contributed by atoms with E-state index in [2.05, 4.69) is 11.9 Å². The smallest absolute Gasteiger partial charge is 0.0619 e. The molecular formula is C11H19NO2. The van der Waals surface area contributed by atoms with Crippen LogP contribution in [0.3, 0.4) is 0 Å². The summed E-state index contributed by atoms with van der Waals surface area (Å²) in [4.78, 5) is 2.37. The zero-order valence-electron chi connectivity index (χ0n) is 8.78. The Labute approximate surface area is 85.0 Å². The molecule has 0 radical (unpaired) electrons. The first-order chi connectivity index (χ1) is 6.72. The Morgan fingerprint density at radius 2 is 2.29 bits per heavy atom. The van der Waals surface area contributed by atoms with Crippen molar-refractivity contribution in [1.82, 2.24) is 4.90 Å². The van der Waals surface area contributed by atoms with E-state index in [-0.39, 0.29) is 11.5 Å². The molecule has 0 aromatic carbocycles. The number of hydrogen-bond donors (Lipinski definition) is 1. The number of ether oxygens (including phenoxy) is 1. The summed E-state index contributed by atoms with van der Waals surface area (Å²) >= 11 is 0. The van der Waals surface area contributed by atoms with E-state index >= 15 is 0 Å². The Morgan fingerprint density at radius 1 is 1.50 bits per heavy atom. The summed E-state index contributed by atoms with van der Waals surface area (Å²) < 4.78 is 5.54.